The first-order chi connectivity index (χ1) is 15.1. The van der Waals surface area contributed by atoms with Crippen molar-refractivity contribution in [3.63, 3.8) is 0 Å². The van der Waals surface area contributed by atoms with Gasteiger partial charge in [0.1, 0.15) is 5.69 Å². The van der Waals surface area contributed by atoms with Crippen molar-refractivity contribution < 1.29 is 9.59 Å². The molecule has 4 rings (SSSR count). The Hall–Kier alpha value is -4.17. The number of halogens is 1. The monoisotopic (exact) mass is 432 g/mol. The van der Waals surface area contributed by atoms with Gasteiger partial charge in [-0.1, -0.05) is 53.2 Å². The van der Waals surface area contributed by atoms with Crippen LogP contribution in [0.2, 0.25) is 5.02 Å². The molecule has 0 saturated heterocycles. The van der Waals surface area contributed by atoms with Gasteiger partial charge < -0.3 is 5.32 Å². The van der Waals surface area contributed by atoms with Crippen LogP contribution in [-0.4, -0.2) is 26.9 Å². The summed E-state index contributed by atoms with van der Waals surface area (Å²) in [5, 5.41) is 11.4. The van der Waals surface area contributed by atoms with E-state index in [9.17, 15) is 9.59 Å². The summed E-state index contributed by atoms with van der Waals surface area (Å²) >= 11 is 5.87. The number of hydrogen-bond donors (Lipinski definition) is 3. The molecule has 0 bridgehead atoms. The number of hydrogen-bond acceptors (Lipinski definition) is 4. The van der Waals surface area contributed by atoms with Crippen molar-refractivity contribution in [2.45, 2.75) is 0 Å². The lowest BCUT2D eigenvalue weighted by Gasteiger charge is -2.09. The summed E-state index contributed by atoms with van der Waals surface area (Å²) < 4.78 is 1.63. The van der Waals surface area contributed by atoms with E-state index in [0.717, 1.165) is 16.9 Å². The average Bonchev–Trinajstić information content (AvgIpc) is 3.29. The predicted octanol–water partition coefficient (Wildman–Crippen LogP) is 4.05. The van der Waals surface area contributed by atoms with Crippen LogP contribution in [0.5, 0.6) is 0 Å². The second-order valence-corrected chi connectivity index (χ2v) is 6.94. The number of aromatic nitrogens is 3. The highest BCUT2D eigenvalue weighted by Gasteiger charge is 2.09. The molecule has 9 heteroatoms. The first kappa shape index (κ1) is 20.1. The summed E-state index contributed by atoms with van der Waals surface area (Å²) in [6.45, 7) is 0. The van der Waals surface area contributed by atoms with Gasteiger partial charge in [-0.25, -0.2) is 14.9 Å². The van der Waals surface area contributed by atoms with E-state index in [1.165, 1.54) is 0 Å². The number of amides is 3. The van der Waals surface area contributed by atoms with Crippen molar-refractivity contribution in [1.82, 2.24) is 25.8 Å². The van der Waals surface area contributed by atoms with Crippen molar-refractivity contribution in [3.05, 3.63) is 95.6 Å². The Kier molecular flexibility index (Phi) is 5.91. The Labute approximate surface area is 182 Å². The molecule has 0 aliphatic rings. The average molecular weight is 433 g/mol. The zero-order valence-corrected chi connectivity index (χ0v) is 16.9. The molecule has 1 aromatic heterocycles. The third-order valence-corrected chi connectivity index (χ3v) is 4.56. The van der Waals surface area contributed by atoms with Crippen LogP contribution in [0.3, 0.4) is 0 Å². The molecule has 0 spiro atoms. The lowest BCUT2D eigenvalue weighted by Crippen LogP contribution is -2.43. The molecule has 3 aromatic carbocycles. The number of benzene rings is 3. The number of hydrazine groups is 1. The number of urea groups is 1. The molecule has 0 unspecified atom stereocenters. The van der Waals surface area contributed by atoms with E-state index in [4.69, 9.17) is 11.6 Å². The molecule has 0 radical (unpaired) electrons. The number of rotatable bonds is 4. The highest BCUT2D eigenvalue weighted by atomic mass is 35.5. The third kappa shape index (κ3) is 5.06. The first-order valence-corrected chi connectivity index (χ1v) is 9.67. The second-order valence-electron chi connectivity index (χ2n) is 6.50. The summed E-state index contributed by atoms with van der Waals surface area (Å²) in [4.78, 5) is 24.2. The van der Waals surface area contributed by atoms with Gasteiger partial charge in [0, 0.05) is 21.8 Å². The van der Waals surface area contributed by atoms with Crippen LogP contribution in [0, 0.1) is 0 Å². The quantitative estimate of drug-likeness (QED) is 0.423. The number of carbonyl (C=O) groups excluding carboxylic acids is 2. The SMILES string of the molecule is O=C(NNC(=O)c1ccc(-n2cc(-c3ccccc3)nn2)cc1)Nc1cccc(Cl)c1. The van der Waals surface area contributed by atoms with Crippen molar-refractivity contribution in [2.24, 2.45) is 0 Å². The fourth-order valence-electron chi connectivity index (χ4n) is 2.81. The Morgan fingerprint density at radius 3 is 2.39 bits per heavy atom. The van der Waals surface area contributed by atoms with Crippen LogP contribution >= 0.6 is 11.6 Å². The molecule has 0 fully saturated rings. The minimum Gasteiger partial charge on any atom is -0.307 e. The standard InChI is InChI=1S/C22H17ClN6O2/c23-17-7-4-8-18(13-17)24-22(31)27-26-21(30)16-9-11-19(12-10-16)29-14-20(25-28-29)15-5-2-1-3-6-15/h1-14H,(H,26,30)(H2,24,27,31). The Balaban J connectivity index is 1.35. The normalized spacial score (nSPS) is 10.4. The molecular formula is C22H17ClN6O2. The minimum atomic E-state index is -0.594. The molecule has 154 valence electrons. The topological polar surface area (TPSA) is 101 Å². The maximum Gasteiger partial charge on any atom is 0.337 e. The Morgan fingerprint density at radius 2 is 1.65 bits per heavy atom. The van der Waals surface area contributed by atoms with Crippen LogP contribution in [0.15, 0.2) is 85.1 Å². The fourth-order valence-corrected chi connectivity index (χ4v) is 3.00. The lowest BCUT2D eigenvalue weighted by atomic mass is 10.2. The fraction of sp³-hybridized carbons (Fsp3) is 0. The van der Waals surface area contributed by atoms with Crippen LogP contribution in [0.4, 0.5) is 10.5 Å². The molecule has 4 aromatic rings. The van der Waals surface area contributed by atoms with Crippen LogP contribution in [-0.2, 0) is 0 Å². The van der Waals surface area contributed by atoms with Gasteiger partial charge in [0.25, 0.3) is 5.91 Å². The smallest absolute Gasteiger partial charge is 0.307 e. The summed E-state index contributed by atoms with van der Waals surface area (Å²) in [5.74, 6) is -0.462. The lowest BCUT2D eigenvalue weighted by molar-refractivity contribution is 0.0938. The summed E-state index contributed by atoms with van der Waals surface area (Å²) in [5.41, 5.74) is 7.98. The van der Waals surface area contributed by atoms with Gasteiger partial charge in [0.2, 0.25) is 0 Å². The molecule has 0 aliphatic carbocycles. The number of carbonyl (C=O) groups is 2. The molecule has 8 nitrogen and oxygen atoms in total. The van der Waals surface area contributed by atoms with Gasteiger partial charge in [-0.2, -0.15) is 0 Å². The summed E-state index contributed by atoms with van der Waals surface area (Å²) in [7, 11) is 0. The van der Waals surface area contributed by atoms with E-state index < -0.39 is 11.9 Å². The molecule has 0 aliphatic heterocycles. The van der Waals surface area contributed by atoms with Crippen molar-refractivity contribution >= 4 is 29.2 Å². The van der Waals surface area contributed by atoms with E-state index in [-0.39, 0.29) is 0 Å². The summed E-state index contributed by atoms with van der Waals surface area (Å²) in [6.07, 6.45) is 1.81. The van der Waals surface area contributed by atoms with Gasteiger partial charge in [-0.3, -0.25) is 10.2 Å². The maximum atomic E-state index is 12.3. The largest absolute Gasteiger partial charge is 0.337 e. The van der Waals surface area contributed by atoms with Gasteiger partial charge in [-0.05, 0) is 42.5 Å². The van der Waals surface area contributed by atoms with E-state index in [1.807, 2.05) is 36.5 Å². The number of nitrogens with one attached hydrogen (secondary N) is 3. The molecule has 31 heavy (non-hydrogen) atoms. The van der Waals surface area contributed by atoms with E-state index in [0.29, 0.717) is 16.3 Å². The molecule has 3 N–H and O–H groups in total. The molecule has 3 amide bonds. The van der Waals surface area contributed by atoms with Crippen molar-refractivity contribution in [1.29, 1.82) is 0 Å². The summed E-state index contributed by atoms with van der Waals surface area (Å²) in [6, 6.07) is 22.5. The molecular weight excluding hydrogens is 416 g/mol. The van der Waals surface area contributed by atoms with Crippen molar-refractivity contribution in [2.75, 3.05) is 5.32 Å². The third-order valence-electron chi connectivity index (χ3n) is 4.33. The zero-order valence-electron chi connectivity index (χ0n) is 16.1. The Morgan fingerprint density at radius 1 is 0.871 bits per heavy atom. The van der Waals surface area contributed by atoms with E-state index in [2.05, 4.69) is 26.5 Å². The van der Waals surface area contributed by atoms with Crippen LogP contribution in [0.25, 0.3) is 16.9 Å². The van der Waals surface area contributed by atoms with Crippen LogP contribution in [0.1, 0.15) is 10.4 Å². The molecule has 0 atom stereocenters. The van der Waals surface area contributed by atoms with Gasteiger partial charge in [0.15, 0.2) is 0 Å². The van der Waals surface area contributed by atoms with E-state index >= 15 is 0 Å². The minimum absolute atomic E-state index is 0.371. The predicted molar refractivity (Wildman–Crippen MR) is 118 cm³/mol. The number of nitrogens with zero attached hydrogens (tertiary/aromatic N) is 3. The molecule has 0 saturated carbocycles. The zero-order chi connectivity index (χ0) is 21.6. The van der Waals surface area contributed by atoms with Gasteiger partial charge >= 0.3 is 6.03 Å². The first-order valence-electron chi connectivity index (χ1n) is 9.29. The van der Waals surface area contributed by atoms with Gasteiger partial charge in [0.05, 0.1) is 11.9 Å². The number of anilines is 1. The molecule has 1 heterocycles. The Bertz CT molecular complexity index is 1210. The second kappa shape index (κ2) is 9.10. The van der Waals surface area contributed by atoms with Crippen molar-refractivity contribution in [3.8, 4) is 16.9 Å². The highest BCUT2D eigenvalue weighted by molar-refractivity contribution is 6.30. The van der Waals surface area contributed by atoms with E-state index in [1.54, 1.807) is 53.2 Å². The highest BCUT2D eigenvalue weighted by Crippen LogP contribution is 2.17. The maximum absolute atomic E-state index is 12.3. The van der Waals surface area contributed by atoms with Gasteiger partial charge in [-0.15, -0.1) is 5.10 Å². The van der Waals surface area contributed by atoms with Crippen LogP contribution < -0.4 is 16.2 Å².